The maximum Gasteiger partial charge on any atom is 0.246 e. The molecule has 2 aliphatic carbocycles. The van der Waals surface area contributed by atoms with Crippen molar-refractivity contribution in [2.75, 3.05) is 61.7 Å². The Kier molecular flexibility index (Phi) is 12.1. The molecule has 4 aliphatic rings. The number of carbonyl (C=O) groups excluding carboxylic acids is 2. The van der Waals surface area contributed by atoms with Gasteiger partial charge in [0.15, 0.2) is 23.0 Å². The highest BCUT2D eigenvalue weighted by Gasteiger charge is 2.37. The molecule has 0 N–H and O–H groups in total. The summed E-state index contributed by atoms with van der Waals surface area (Å²) in [4.78, 5) is 30.5. The van der Waals surface area contributed by atoms with Crippen molar-refractivity contribution >= 4 is 24.0 Å². The van der Waals surface area contributed by atoms with Gasteiger partial charge in [0.2, 0.25) is 17.6 Å². The van der Waals surface area contributed by atoms with Gasteiger partial charge in [-0.2, -0.15) is 0 Å². The van der Waals surface area contributed by atoms with E-state index in [1.165, 1.54) is 24.8 Å². The number of hydrogen-bond donors (Lipinski definition) is 0. The summed E-state index contributed by atoms with van der Waals surface area (Å²) in [6.07, 6.45) is 19.5. The normalized spacial score (nSPS) is 19.3. The van der Waals surface area contributed by atoms with Crippen LogP contribution in [0.1, 0.15) is 94.9 Å². The fraction of sp³-hybridized carbons (Fsp3) is 0.522. The summed E-state index contributed by atoms with van der Waals surface area (Å²) in [5, 5.41) is 0. The van der Waals surface area contributed by atoms with Gasteiger partial charge in [-0.05, 0) is 89.6 Å². The first kappa shape index (κ1) is 40.0. The maximum absolute atomic E-state index is 13.3. The summed E-state index contributed by atoms with van der Waals surface area (Å²) in [6.45, 7) is 11.9. The zero-order valence-corrected chi connectivity index (χ0v) is 34.4. The molecule has 2 amide bonds. The third kappa shape index (κ3) is 8.03. The topological polar surface area (TPSA) is 86.8 Å². The van der Waals surface area contributed by atoms with E-state index in [0.29, 0.717) is 40.6 Å². The third-order valence-corrected chi connectivity index (χ3v) is 12.7. The van der Waals surface area contributed by atoms with Crippen LogP contribution in [0.4, 0.5) is 0 Å². The van der Waals surface area contributed by atoms with Crippen LogP contribution in [0.15, 0.2) is 53.6 Å². The van der Waals surface area contributed by atoms with Gasteiger partial charge < -0.3 is 33.5 Å². The van der Waals surface area contributed by atoms with Crippen molar-refractivity contribution in [3.8, 4) is 28.7 Å². The SMILES string of the molecule is COc1cc2c(cc1OC)C(C)(C)C(/C=C/C(=O)N1CCC(CCCC3CCN(C(=O)/C=C/C4=Cc5c(cc(OC)c(OC)c5OC)C4(C)C)CC3)CC1)=C2. The molecule has 55 heavy (non-hydrogen) atoms. The van der Waals surface area contributed by atoms with E-state index in [0.717, 1.165) is 79.7 Å². The molecule has 6 rings (SSSR count). The van der Waals surface area contributed by atoms with Crippen molar-refractivity contribution in [3.63, 3.8) is 0 Å². The smallest absolute Gasteiger partial charge is 0.246 e. The number of amides is 2. The first-order valence-corrected chi connectivity index (χ1v) is 19.8. The second-order valence-electron chi connectivity index (χ2n) is 16.5. The number of allylic oxidation sites excluding steroid dienone is 4. The molecule has 2 aliphatic heterocycles. The van der Waals surface area contributed by atoms with Crippen LogP contribution in [0.5, 0.6) is 28.7 Å². The van der Waals surface area contributed by atoms with Crippen LogP contribution in [0.25, 0.3) is 12.2 Å². The molecule has 0 atom stereocenters. The lowest BCUT2D eigenvalue weighted by molar-refractivity contribution is -0.128. The Hall–Kier alpha value is -4.66. The van der Waals surface area contributed by atoms with Crippen molar-refractivity contribution in [2.24, 2.45) is 11.8 Å². The second-order valence-corrected chi connectivity index (χ2v) is 16.5. The summed E-state index contributed by atoms with van der Waals surface area (Å²) in [5.41, 5.74) is 5.91. The summed E-state index contributed by atoms with van der Waals surface area (Å²) in [5.74, 6) is 4.75. The Balaban J connectivity index is 0.919. The standard InChI is InChI=1S/C46H60N2O7/c1-45(2)33(25-32-26-38(51-5)39(52-6)28-36(32)45)13-15-41(49)47-21-17-30(18-22-47)11-10-12-31-19-23-48(24-20-31)42(50)16-14-34-27-35-37(46(34,3)4)29-40(53-7)44(55-9)43(35)54-8/h13-16,25-31H,10-12,17-24H2,1-9H3/b15-13+,16-14+. The molecule has 2 saturated heterocycles. The highest BCUT2D eigenvalue weighted by molar-refractivity contribution is 5.90. The predicted octanol–water partition coefficient (Wildman–Crippen LogP) is 8.54. The highest BCUT2D eigenvalue weighted by Crippen LogP contribution is 2.52. The molecule has 2 aromatic carbocycles. The number of piperidine rings is 2. The molecule has 2 aromatic rings. The molecule has 296 valence electrons. The van der Waals surface area contributed by atoms with Gasteiger partial charge in [-0.25, -0.2) is 0 Å². The fourth-order valence-electron chi connectivity index (χ4n) is 9.01. The van der Waals surface area contributed by atoms with Gasteiger partial charge in [-0.15, -0.1) is 0 Å². The van der Waals surface area contributed by atoms with Crippen LogP contribution in [0.3, 0.4) is 0 Å². The minimum Gasteiger partial charge on any atom is -0.493 e. The maximum atomic E-state index is 13.3. The minimum atomic E-state index is -0.320. The largest absolute Gasteiger partial charge is 0.493 e. The van der Waals surface area contributed by atoms with E-state index in [9.17, 15) is 9.59 Å². The third-order valence-electron chi connectivity index (χ3n) is 12.7. The molecule has 2 fully saturated rings. The highest BCUT2D eigenvalue weighted by atomic mass is 16.5. The first-order chi connectivity index (χ1) is 26.4. The summed E-state index contributed by atoms with van der Waals surface area (Å²) in [7, 11) is 8.18. The molecule has 0 bridgehead atoms. The monoisotopic (exact) mass is 752 g/mol. The van der Waals surface area contributed by atoms with Gasteiger partial charge in [0, 0.05) is 54.7 Å². The lowest BCUT2D eigenvalue weighted by atomic mass is 9.81. The molecule has 9 heteroatoms. The van der Waals surface area contributed by atoms with Crippen molar-refractivity contribution < 1.29 is 33.3 Å². The lowest BCUT2D eigenvalue weighted by Gasteiger charge is -2.33. The van der Waals surface area contributed by atoms with Gasteiger partial charge in [-0.1, -0.05) is 65.2 Å². The average molecular weight is 753 g/mol. The Morgan fingerprint density at radius 2 is 1.07 bits per heavy atom. The van der Waals surface area contributed by atoms with Crippen molar-refractivity contribution in [1.29, 1.82) is 0 Å². The van der Waals surface area contributed by atoms with Crippen molar-refractivity contribution in [1.82, 2.24) is 9.80 Å². The molecule has 0 spiro atoms. The number of ether oxygens (including phenoxy) is 5. The van der Waals surface area contributed by atoms with Crippen LogP contribution in [0.2, 0.25) is 0 Å². The summed E-state index contributed by atoms with van der Waals surface area (Å²) < 4.78 is 28.0. The fourth-order valence-corrected chi connectivity index (χ4v) is 9.01. The molecule has 0 unspecified atom stereocenters. The molecule has 0 aromatic heterocycles. The summed E-state index contributed by atoms with van der Waals surface area (Å²) >= 11 is 0. The number of likely N-dealkylation sites (tertiary alicyclic amines) is 2. The van der Waals surface area contributed by atoms with E-state index in [-0.39, 0.29) is 22.6 Å². The number of methoxy groups -OCH3 is 5. The second kappa shape index (κ2) is 16.6. The molecular formula is C46H60N2O7. The van der Waals surface area contributed by atoms with Crippen LogP contribution >= 0.6 is 0 Å². The predicted molar refractivity (Wildman–Crippen MR) is 218 cm³/mol. The zero-order valence-electron chi connectivity index (χ0n) is 34.4. The molecular weight excluding hydrogens is 693 g/mol. The Labute approximate surface area is 328 Å². The number of benzene rings is 2. The molecule has 9 nitrogen and oxygen atoms in total. The number of nitrogens with zero attached hydrogens (tertiary/aromatic N) is 2. The first-order valence-electron chi connectivity index (χ1n) is 19.8. The Morgan fingerprint density at radius 3 is 1.56 bits per heavy atom. The van der Waals surface area contributed by atoms with E-state index in [1.54, 1.807) is 47.7 Å². The number of fused-ring (bicyclic) bond motifs is 2. The zero-order chi connectivity index (χ0) is 39.5. The van der Waals surface area contributed by atoms with Crippen molar-refractivity contribution in [3.05, 3.63) is 75.9 Å². The number of hydrogen-bond acceptors (Lipinski definition) is 7. The lowest BCUT2D eigenvalue weighted by Crippen LogP contribution is -2.38. The van der Waals surface area contributed by atoms with Crippen molar-refractivity contribution in [2.45, 2.75) is 83.5 Å². The van der Waals surface area contributed by atoms with Gasteiger partial charge in [0.25, 0.3) is 0 Å². The summed E-state index contributed by atoms with van der Waals surface area (Å²) in [6, 6.07) is 6.07. The van der Waals surface area contributed by atoms with E-state index in [2.05, 4.69) is 39.8 Å². The van der Waals surface area contributed by atoms with E-state index in [4.69, 9.17) is 23.7 Å². The molecule has 0 saturated carbocycles. The quantitative estimate of drug-likeness (QED) is 0.190. The Bertz CT molecular complexity index is 1890. The molecule has 2 heterocycles. The van der Waals surface area contributed by atoms with E-state index < -0.39 is 0 Å². The van der Waals surface area contributed by atoms with E-state index >= 15 is 0 Å². The minimum absolute atomic E-state index is 0.0690. The van der Waals surface area contributed by atoms with Crippen LogP contribution in [0, 0.1) is 11.8 Å². The van der Waals surface area contributed by atoms with Crippen LogP contribution < -0.4 is 23.7 Å². The number of rotatable bonds is 13. The Morgan fingerprint density at radius 1 is 0.618 bits per heavy atom. The van der Waals surface area contributed by atoms with Gasteiger partial charge >= 0.3 is 0 Å². The molecule has 0 radical (unpaired) electrons. The van der Waals surface area contributed by atoms with Crippen LogP contribution in [-0.2, 0) is 20.4 Å². The van der Waals surface area contributed by atoms with Gasteiger partial charge in [-0.3, -0.25) is 9.59 Å². The van der Waals surface area contributed by atoms with Crippen LogP contribution in [-0.4, -0.2) is 83.3 Å². The van der Waals surface area contributed by atoms with Gasteiger partial charge in [0.05, 0.1) is 35.5 Å². The number of carbonyl (C=O) groups is 2. The van der Waals surface area contributed by atoms with E-state index in [1.807, 2.05) is 40.2 Å². The van der Waals surface area contributed by atoms with Gasteiger partial charge in [0.1, 0.15) is 0 Å². The average Bonchev–Trinajstić information content (AvgIpc) is 3.60.